The molecule has 1 aromatic carbocycles. The van der Waals surface area contributed by atoms with Crippen molar-refractivity contribution in [1.29, 1.82) is 0 Å². The van der Waals surface area contributed by atoms with E-state index >= 15 is 0 Å². The second kappa shape index (κ2) is 5.36. The van der Waals surface area contributed by atoms with Crippen LogP contribution in [0, 0.1) is 11.6 Å². The van der Waals surface area contributed by atoms with Gasteiger partial charge in [-0.3, -0.25) is 4.79 Å². The van der Waals surface area contributed by atoms with Crippen LogP contribution in [0.2, 0.25) is 0 Å². The Hall–Kier alpha value is -1.60. The van der Waals surface area contributed by atoms with Crippen LogP contribution in [-0.2, 0) is 5.88 Å². The maximum Gasteiger partial charge on any atom is 0.269 e. The highest BCUT2D eigenvalue weighted by molar-refractivity contribution is 7.08. The zero-order valence-electron chi connectivity index (χ0n) is 8.78. The van der Waals surface area contributed by atoms with Crippen molar-refractivity contribution in [1.82, 2.24) is 9.59 Å². The van der Waals surface area contributed by atoms with Gasteiger partial charge in [-0.05, 0) is 23.7 Å². The molecule has 94 valence electrons. The van der Waals surface area contributed by atoms with Crippen LogP contribution < -0.4 is 5.32 Å². The number of nitrogens with zero attached hydrogens (tertiary/aromatic N) is 2. The summed E-state index contributed by atoms with van der Waals surface area (Å²) in [5, 5.41) is 6.01. The fourth-order valence-corrected chi connectivity index (χ4v) is 2.12. The Kier molecular flexibility index (Phi) is 3.83. The Morgan fingerprint density at radius 2 is 2.00 bits per heavy atom. The fraction of sp³-hybridized carbons (Fsp3) is 0.100. The van der Waals surface area contributed by atoms with Crippen molar-refractivity contribution in [3.63, 3.8) is 0 Å². The first-order valence-corrected chi connectivity index (χ1v) is 6.05. The van der Waals surface area contributed by atoms with Gasteiger partial charge in [-0.2, -0.15) is 0 Å². The van der Waals surface area contributed by atoms with Gasteiger partial charge >= 0.3 is 0 Å². The first kappa shape index (κ1) is 12.8. The monoisotopic (exact) mass is 289 g/mol. The van der Waals surface area contributed by atoms with Crippen LogP contribution in [-0.4, -0.2) is 15.5 Å². The molecule has 1 aromatic heterocycles. The average molecular weight is 290 g/mol. The first-order chi connectivity index (χ1) is 8.60. The zero-order valence-corrected chi connectivity index (χ0v) is 10.4. The molecule has 0 aliphatic rings. The molecule has 0 aliphatic heterocycles. The summed E-state index contributed by atoms with van der Waals surface area (Å²) in [6.07, 6.45) is 0. The summed E-state index contributed by atoms with van der Waals surface area (Å²) < 4.78 is 29.5. The molecular formula is C10H6ClF2N3OS. The summed E-state index contributed by atoms with van der Waals surface area (Å²) in [7, 11) is 0. The number of benzene rings is 1. The minimum atomic E-state index is -0.773. The highest BCUT2D eigenvalue weighted by Crippen LogP contribution is 2.17. The van der Waals surface area contributed by atoms with Crippen molar-refractivity contribution in [2.45, 2.75) is 5.88 Å². The van der Waals surface area contributed by atoms with E-state index in [4.69, 9.17) is 11.6 Å². The van der Waals surface area contributed by atoms with Crippen LogP contribution >= 0.6 is 23.1 Å². The van der Waals surface area contributed by atoms with Gasteiger partial charge in [0.05, 0.1) is 5.88 Å². The number of halogens is 3. The van der Waals surface area contributed by atoms with E-state index in [0.717, 1.165) is 23.7 Å². The summed E-state index contributed by atoms with van der Waals surface area (Å²) >= 11 is 6.44. The molecule has 1 heterocycles. The van der Waals surface area contributed by atoms with Crippen molar-refractivity contribution in [3.05, 3.63) is 40.4 Å². The van der Waals surface area contributed by atoms with Gasteiger partial charge in [0, 0.05) is 11.8 Å². The van der Waals surface area contributed by atoms with E-state index in [0.29, 0.717) is 11.8 Å². The lowest BCUT2D eigenvalue weighted by atomic mass is 10.3. The van der Waals surface area contributed by atoms with Crippen LogP contribution in [0.3, 0.4) is 0 Å². The molecular weight excluding hydrogens is 284 g/mol. The number of carbonyl (C=O) groups excluding carboxylic acids is 1. The summed E-state index contributed by atoms with van der Waals surface area (Å²) in [6, 6.07) is 2.74. The third kappa shape index (κ3) is 2.80. The highest BCUT2D eigenvalue weighted by atomic mass is 35.5. The van der Waals surface area contributed by atoms with Gasteiger partial charge < -0.3 is 5.32 Å². The number of hydrogen-bond donors (Lipinski definition) is 1. The van der Waals surface area contributed by atoms with Crippen molar-refractivity contribution < 1.29 is 13.6 Å². The molecule has 4 nitrogen and oxygen atoms in total. The van der Waals surface area contributed by atoms with E-state index < -0.39 is 17.5 Å². The smallest absolute Gasteiger partial charge is 0.269 e. The van der Waals surface area contributed by atoms with E-state index in [1.54, 1.807) is 0 Å². The Morgan fingerprint density at radius 3 is 2.61 bits per heavy atom. The van der Waals surface area contributed by atoms with Crippen LogP contribution in [0.1, 0.15) is 15.4 Å². The third-order valence-electron chi connectivity index (χ3n) is 2.01. The lowest BCUT2D eigenvalue weighted by Crippen LogP contribution is -2.12. The Bertz CT molecular complexity index is 570. The second-order valence-electron chi connectivity index (χ2n) is 3.29. The quantitative estimate of drug-likeness (QED) is 0.884. The number of alkyl halides is 1. The second-order valence-corrected chi connectivity index (χ2v) is 4.32. The highest BCUT2D eigenvalue weighted by Gasteiger charge is 2.16. The van der Waals surface area contributed by atoms with Gasteiger partial charge in [-0.25, -0.2) is 8.78 Å². The van der Waals surface area contributed by atoms with Crippen LogP contribution in [0.15, 0.2) is 18.2 Å². The molecule has 0 bridgehead atoms. The molecule has 0 aliphatic carbocycles. The third-order valence-corrected chi connectivity index (χ3v) is 3.03. The Labute approximate surface area is 110 Å². The van der Waals surface area contributed by atoms with Crippen LogP contribution in [0.4, 0.5) is 14.5 Å². The fourth-order valence-electron chi connectivity index (χ4n) is 1.28. The molecule has 18 heavy (non-hydrogen) atoms. The van der Waals surface area contributed by atoms with E-state index in [2.05, 4.69) is 14.9 Å². The van der Waals surface area contributed by atoms with Gasteiger partial charge in [0.1, 0.15) is 22.2 Å². The van der Waals surface area contributed by atoms with Crippen molar-refractivity contribution in [3.8, 4) is 0 Å². The van der Waals surface area contributed by atoms with Crippen molar-refractivity contribution in [2.24, 2.45) is 0 Å². The molecule has 1 N–H and O–H groups in total. The molecule has 0 atom stereocenters. The number of anilines is 1. The number of amides is 1. The topological polar surface area (TPSA) is 54.9 Å². The molecule has 0 fully saturated rings. The lowest BCUT2D eigenvalue weighted by Gasteiger charge is -2.04. The normalized spacial score (nSPS) is 10.4. The van der Waals surface area contributed by atoms with Gasteiger partial charge in [-0.1, -0.05) is 4.49 Å². The summed E-state index contributed by atoms with van der Waals surface area (Å²) in [5.74, 6) is -2.06. The number of nitrogens with one attached hydrogen (secondary N) is 1. The first-order valence-electron chi connectivity index (χ1n) is 4.75. The standard InChI is InChI=1S/C10H6ClF2N3OS/c11-4-8-9(18-16-15-8)10(17)14-7-2-5(12)1-6(13)3-7/h1-3H,4H2,(H,14,17). The molecule has 0 spiro atoms. The molecule has 1 amide bonds. The summed E-state index contributed by atoms with van der Waals surface area (Å²) in [6.45, 7) is 0. The van der Waals surface area contributed by atoms with Gasteiger partial charge in [0.15, 0.2) is 0 Å². The van der Waals surface area contributed by atoms with E-state index in [-0.39, 0.29) is 16.4 Å². The number of hydrogen-bond acceptors (Lipinski definition) is 4. The van der Waals surface area contributed by atoms with Crippen molar-refractivity contribution in [2.75, 3.05) is 5.32 Å². The SMILES string of the molecule is O=C(Nc1cc(F)cc(F)c1)c1snnc1CCl. The minimum absolute atomic E-state index is 0.0198. The van der Waals surface area contributed by atoms with Gasteiger partial charge in [0.2, 0.25) is 0 Å². The number of aromatic nitrogens is 2. The van der Waals surface area contributed by atoms with Crippen molar-refractivity contribution >= 4 is 34.7 Å². The number of rotatable bonds is 3. The van der Waals surface area contributed by atoms with Crippen LogP contribution in [0.5, 0.6) is 0 Å². The molecule has 8 heteroatoms. The van der Waals surface area contributed by atoms with Gasteiger partial charge in [-0.15, -0.1) is 16.7 Å². The van der Waals surface area contributed by atoms with Gasteiger partial charge in [0.25, 0.3) is 5.91 Å². The Balaban J connectivity index is 2.21. The predicted octanol–water partition coefficient (Wildman–Crippen LogP) is 2.81. The largest absolute Gasteiger partial charge is 0.321 e. The number of carbonyl (C=O) groups is 1. The maximum absolute atomic E-state index is 12.9. The molecule has 2 rings (SSSR count). The van der Waals surface area contributed by atoms with E-state index in [1.807, 2.05) is 0 Å². The predicted molar refractivity (Wildman–Crippen MR) is 63.8 cm³/mol. The lowest BCUT2D eigenvalue weighted by molar-refractivity contribution is 0.102. The Morgan fingerprint density at radius 1 is 1.33 bits per heavy atom. The average Bonchev–Trinajstić information content (AvgIpc) is 2.75. The molecule has 0 saturated heterocycles. The summed E-state index contributed by atoms with van der Waals surface area (Å²) in [4.78, 5) is 12.0. The molecule has 0 saturated carbocycles. The molecule has 0 radical (unpaired) electrons. The molecule has 0 unspecified atom stereocenters. The van der Waals surface area contributed by atoms with Crippen LogP contribution in [0.25, 0.3) is 0 Å². The van der Waals surface area contributed by atoms with E-state index in [1.165, 1.54) is 0 Å². The van der Waals surface area contributed by atoms with E-state index in [9.17, 15) is 13.6 Å². The minimum Gasteiger partial charge on any atom is -0.321 e. The molecule has 2 aromatic rings. The summed E-state index contributed by atoms with van der Waals surface area (Å²) in [5.41, 5.74) is 0.350. The maximum atomic E-state index is 12.9. The zero-order chi connectivity index (χ0) is 13.1.